The Labute approximate surface area is 152 Å². The van der Waals surface area contributed by atoms with E-state index in [4.69, 9.17) is 14.2 Å². The van der Waals surface area contributed by atoms with Crippen molar-refractivity contribution in [1.29, 1.82) is 0 Å². The lowest BCUT2D eigenvalue weighted by Crippen LogP contribution is -2.57. The van der Waals surface area contributed by atoms with Crippen molar-refractivity contribution in [3.05, 3.63) is 30.6 Å². The molecule has 2 aliphatic heterocycles. The molecular formula is C18H23N3O5. The number of nitrogens with zero attached hydrogens (tertiary/aromatic N) is 2. The molecule has 0 atom stereocenters. The van der Waals surface area contributed by atoms with Gasteiger partial charge in [-0.2, -0.15) is 0 Å². The smallest absolute Gasteiger partial charge is 0.344 e. The van der Waals surface area contributed by atoms with Gasteiger partial charge in [0, 0.05) is 31.3 Å². The Kier molecular flexibility index (Phi) is 5.72. The summed E-state index contributed by atoms with van der Waals surface area (Å²) >= 11 is 0. The van der Waals surface area contributed by atoms with E-state index in [1.165, 1.54) is 0 Å². The second-order valence-electron chi connectivity index (χ2n) is 6.12. The average molecular weight is 361 g/mol. The van der Waals surface area contributed by atoms with E-state index in [0.29, 0.717) is 37.6 Å². The minimum Gasteiger partial charge on any atom is -0.492 e. The molecule has 0 saturated carbocycles. The molecule has 3 heterocycles. The molecule has 1 aromatic heterocycles. The Balaban J connectivity index is 1.96. The Hall–Kier alpha value is -2.61. The topological polar surface area (TPSA) is 90.0 Å². The number of hydrogen-bond acceptors (Lipinski definition) is 8. The predicted octanol–water partition coefficient (Wildman–Crippen LogP) is 1.37. The number of carbonyl (C=O) groups excluding carboxylic acids is 2. The SMILES string of the molecule is CCCOc1cncc(N2CCCNCCC23OC(=O)C=CC(=O)O3)c1. The zero-order chi connectivity index (χ0) is 18.4. The molecule has 3 rings (SSSR count). The average Bonchev–Trinajstić information content (AvgIpc) is 2.76. The van der Waals surface area contributed by atoms with Crippen LogP contribution in [0.25, 0.3) is 0 Å². The van der Waals surface area contributed by atoms with Crippen molar-refractivity contribution in [2.45, 2.75) is 32.1 Å². The lowest BCUT2D eigenvalue weighted by molar-refractivity contribution is -0.223. The van der Waals surface area contributed by atoms with E-state index in [-0.39, 0.29) is 0 Å². The molecular weight excluding hydrogens is 338 g/mol. The monoisotopic (exact) mass is 361 g/mol. The normalized spacial score (nSPS) is 20.0. The first-order chi connectivity index (χ1) is 12.6. The summed E-state index contributed by atoms with van der Waals surface area (Å²) in [5.41, 5.74) is 0.669. The summed E-state index contributed by atoms with van der Waals surface area (Å²) in [4.78, 5) is 30.1. The van der Waals surface area contributed by atoms with Crippen LogP contribution in [0, 0.1) is 0 Å². The van der Waals surface area contributed by atoms with Crippen LogP contribution in [0.3, 0.4) is 0 Å². The van der Waals surface area contributed by atoms with Gasteiger partial charge in [0.05, 0.1) is 31.1 Å². The van der Waals surface area contributed by atoms with Crippen molar-refractivity contribution in [2.75, 3.05) is 31.1 Å². The maximum absolute atomic E-state index is 12.1. The molecule has 0 amide bonds. The van der Waals surface area contributed by atoms with Crippen LogP contribution < -0.4 is 15.0 Å². The first-order valence-corrected chi connectivity index (χ1v) is 8.83. The summed E-state index contributed by atoms with van der Waals surface area (Å²) in [5.74, 6) is -2.14. The summed E-state index contributed by atoms with van der Waals surface area (Å²) in [7, 11) is 0. The Morgan fingerprint density at radius 1 is 1.23 bits per heavy atom. The summed E-state index contributed by atoms with van der Waals surface area (Å²) in [6, 6.07) is 1.82. The lowest BCUT2D eigenvalue weighted by atomic mass is 10.2. The van der Waals surface area contributed by atoms with Crippen LogP contribution in [0.1, 0.15) is 26.2 Å². The molecule has 0 aromatic carbocycles. The molecule has 8 nitrogen and oxygen atoms in total. The fourth-order valence-electron chi connectivity index (χ4n) is 2.97. The van der Waals surface area contributed by atoms with E-state index in [1.807, 2.05) is 13.0 Å². The molecule has 2 aliphatic rings. The van der Waals surface area contributed by atoms with E-state index in [2.05, 4.69) is 10.3 Å². The number of esters is 2. The molecule has 1 fully saturated rings. The van der Waals surface area contributed by atoms with Gasteiger partial charge in [0.15, 0.2) is 0 Å². The molecule has 0 aliphatic carbocycles. The second-order valence-corrected chi connectivity index (χ2v) is 6.12. The Morgan fingerprint density at radius 2 is 2.00 bits per heavy atom. The number of aromatic nitrogens is 1. The quantitative estimate of drug-likeness (QED) is 0.805. The largest absolute Gasteiger partial charge is 0.492 e. The van der Waals surface area contributed by atoms with Crippen molar-refractivity contribution < 1.29 is 23.8 Å². The van der Waals surface area contributed by atoms with Gasteiger partial charge in [-0.1, -0.05) is 6.92 Å². The van der Waals surface area contributed by atoms with Crippen LogP contribution in [0.2, 0.25) is 0 Å². The Morgan fingerprint density at radius 3 is 2.73 bits per heavy atom. The molecule has 8 heteroatoms. The van der Waals surface area contributed by atoms with Gasteiger partial charge in [0.2, 0.25) is 0 Å². The van der Waals surface area contributed by atoms with Crippen molar-refractivity contribution in [3.63, 3.8) is 0 Å². The minimum absolute atomic E-state index is 0.298. The molecule has 0 radical (unpaired) electrons. The van der Waals surface area contributed by atoms with E-state index in [9.17, 15) is 9.59 Å². The van der Waals surface area contributed by atoms with Gasteiger partial charge >= 0.3 is 17.8 Å². The first kappa shape index (κ1) is 18.2. The van der Waals surface area contributed by atoms with E-state index in [0.717, 1.165) is 31.5 Å². The molecule has 26 heavy (non-hydrogen) atoms. The van der Waals surface area contributed by atoms with Crippen molar-refractivity contribution >= 4 is 17.6 Å². The van der Waals surface area contributed by atoms with E-state index in [1.54, 1.807) is 17.3 Å². The molecule has 1 aromatic rings. The number of anilines is 1. The molecule has 1 saturated heterocycles. The summed E-state index contributed by atoms with van der Waals surface area (Å²) in [6.45, 7) is 4.47. The van der Waals surface area contributed by atoms with E-state index < -0.39 is 17.8 Å². The van der Waals surface area contributed by atoms with Gasteiger partial charge in [0.1, 0.15) is 5.75 Å². The molecule has 0 bridgehead atoms. The third-order valence-electron chi connectivity index (χ3n) is 4.12. The van der Waals surface area contributed by atoms with Crippen LogP contribution in [0.5, 0.6) is 5.75 Å². The van der Waals surface area contributed by atoms with Crippen LogP contribution in [-0.4, -0.2) is 49.1 Å². The van der Waals surface area contributed by atoms with Crippen molar-refractivity contribution in [3.8, 4) is 5.75 Å². The number of carbonyl (C=O) groups is 2. The maximum Gasteiger partial charge on any atom is 0.344 e. The standard InChI is InChI=1S/C18H23N3O5/c1-2-10-24-15-11-14(12-20-13-15)21-9-3-7-19-8-6-18(21)25-16(22)4-5-17(23)26-18/h4-5,11-13,19H,2-3,6-10H2,1H3. The van der Waals surface area contributed by atoms with Gasteiger partial charge < -0.3 is 19.5 Å². The number of hydrogen-bond donors (Lipinski definition) is 1. The summed E-state index contributed by atoms with van der Waals surface area (Å²) in [5, 5.41) is 3.25. The molecule has 0 unspecified atom stereocenters. The van der Waals surface area contributed by atoms with Gasteiger partial charge in [-0.25, -0.2) is 9.59 Å². The Bertz CT molecular complexity index is 671. The number of rotatable bonds is 4. The molecule has 140 valence electrons. The highest BCUT2D eigenvalue weighted by Gasteiger charge is 2.46. The summed E-state index contributed by atoms with van der Waals surface area (Å²) < 4.78 is 16.8. The van der Waals surface area contributed by atoms with Crippen LogP contribution in [0.4, 0.5) is 5.69 Å². The van der Waals surface area contributed by atoms with Gasteiger partial charge in [-0.15, -0.1) is 0 Å². The number of nitrogens with one attached hydrogen (secondary N) is 1. The zero-order valence-electron chi connectivity index (χ0n) is 14.8. The fourth-order valence-corrected chi connectivity index (χ4v) is 2.97. The zero-order valence-corrected chi connectivity index (χ0v) is 14.8. The molecule has 1 N–H and O–H groups in total. The third kappa shape index (κ3) is 4.13. The molecule has 1 spiro atoms. The highest BCUT2D eigenvalue weighted by atomic mass is 16.8. The summed E-state index contributed by atoms with van der Waals surface area (Å²) in [6.07, 6.45) is 7.40. The second kappa shape index (κ2) is 8.18. The maximum atomic E-state index is 12.1. The highest BCUT2D eigenvalue weighted by molar-refractivity contribution is 5.93. The minimum atomic E-state index is -1.52. The van der Waals surface area contributed by atoms with Crippen LogP contribution >= 0.6 is 0 Å². The van der Waals surface area contributed by atoms with Gasteiger partial charge in [0.25, 0.3) is 0 Å². The third-order valence-corrected chi connectivity index (χ3v) is 4.12. The van der Waals surface area contributed by atoms with Crippen molar-refractivity contribution in [2.24, 2.45) is 0 Å². The van der Waals surface area contributed by atoms with Crippen LogP contribution in [0.15, 0.2) is 30.6 Å². The highest BCUT2D eigenvalue weighted by Crippen LogP contribution is 2.33. The number of pyridine rings is 1. The predicted molar refractivity (Wildman–Crippen MR) is 93.5 cm³/mol. The first-order valence-electron chi connectivity index (χ1n) is 8.83. The van der Waals surface area contributed by atoms with E-state index >= 15 is 0 Å². The lowest BCUT2D eigenvalue weighted by Gasteiger charge is -2.42. The van der Waals surface area contributed by atoms with Crippen molar-refractivity contribution in [1.82, 2.24) is 10.3 Å². The van der Waals surface area contributed by atoms with Crippen LogP contribution in [-0.2, 0) is 19.1 Å². The van der Waals surface area contributed by atoms with Gasteiger partial charge in [-0.3, -0.25) is 9.88 Å². The van der Waals surface area contributed by atoms with Gasteiger partial charge in [-0.05, 0) is 19.4 Å². The number of ether oxygens (including phenoxy) is 3. The fraction of sp³-hybridized carbons (Fsp3) is 0.500.